The molecule has 6 unspecified atom stereocenters. The van der Waals surface area contributed by atoms with Crippen LogP contribution >= 0.6 is 0 Å². The van der Waals surface area contributed by atoms with Crippen molar-refractivity contribution in [1.82, 2.24) is 4.90 Å². The molecule has 1 aliphatic heterocycles. The summed E-state index contributed by atoms with van der Waals surface area (Å²) in [5.41, 5.74) is 6.27. The highest BCUT2D eigenvalue weighted by atomic mass is 16.5. The number of ether oxygens (including phenoxy) is 1. The van der Waals surface area contributed by atoms with Crippen LogP contribution < -0.4 is 5.73 Å². The smallest absolute Gasteiger partial charge is 0.227 e. The first-order valence-corrected chi connectivity index (χ1v) is 7.25. The number of nitrogens with zero attached hydrogens (tertiary/aromatic N) is 1. The van der Waals surface area contributed by atoms with Gasteiger partial charge >= 0.3 is 0 Å². The average Bonchev–Trinajstić information content (AvgIpc) is 2.92. The van der Waals surface area contributed by atoms with Gasteiger partial charge in [0.05, 0.1) is 24.7 Å². The van der Waals surface area contributed by atoms with Crippen molar-refractivity contribution < 1.29 is 9.53 Å². The van der Waals surface area contributed by atoms with Crippen LogP contribution in [0.5, 0.6) is 0 Å². The number of carbonyl (C=O) groups excluding carboxylic acids is 1. The minimum Gasteiger partial charge on any atom is -0.375 e. The van der Waals surface area contributed by atoms with Crippen LogP contribution in [-0.4, -0.2) is 42.1 Å². The Morgan fingerprint density at radius 2 is 2.00 bits per heavy atom. The van der Waals surface area contributed by atoms with Crippen molar-refractivity contribution in [3.63, 3.8) is 0 Å². The van der Waals surface area contributed by atoms with Gasteiger partial charge < -0.3 is 15.4 Å². The highest BCUT2D eigenvalue weighted by Crippen LogP contribution is 2.48. The molecule has 3 aliphatic rings. The second-order valence-electron chi connectivity index (χ2n) is 6.42. The van der Waals surface area contributed by atoms with Crippen LogP contribution in [0.2, 0.25) is 0 Å². The summed E-state index contributed by atoms with van der Waals surface area (Å²) in [6.45, 7) is 5.49. The summed E-state index contributed by atoms with van der Waals surface area (Å²) in [6.07, 6.45) is 3.75. The Hall–Kier alpha value is -0.610. The zero-order valence-electron chi connectivity index (χ0n) is 11.3. The Labute approximate surface area is 109 Å². The summed E-state index contributed by atoms with van der Waals surface area (Å²) in [6, 6.07) is 0.293. The number of morpholine rings is 1. The van der Waals surface area contributed by atoms with E-state index in [9.17, 15) is 4.79 Å². The van der Waals surface area contributed by atoms with Crippen molar-refractivity contribution in [1.29, 1.82) is 0 Å². The topological polar surface area (TPSA) is 55.6 Å². The zero-order valence-corrected chi connectivity index (χ0v) is 11.3. The molecule has 18 heavy (non-hydrogen) atoms. The molecule has 0 spiro atoms. The second kappa shape index (κ2) is 4.49. The summed E-state index contributed by atoms with van der Waals surface area (Å²) in [4.78, 5) is 14.8. The van der Waals surface area contributed by atoms with Gasteiger partial charge in [-0.25, -0.2) is 0 Å². The molecule has 4 nitrogen and oxygen atoms in total. The fourth-order valence-corrected chi connectivity index (χ4v) is 4.10. The minimum absolute atomic E-state index is 0.0801. The van der Waals surface area contributed by atoms with Crippen LogP contribution in [0.3, 0.4) is 0 Å². The van der Waals surface area contributed by atoms with Gasteiger partial charge in [0, 0.05) is 12.6 Å². The Morgan fingerprint density at radius 1 is 1.28 bits per heavy atom. The van der Waals surface area contributed by atoms with Crippen LogP contribution in [0.1, 0.15) is 33.1 Å². The highest BCUT2D eigenvalue weighted by molar-refractivity contribution is 5.81. The molecule has 6 atom stereocenters. The summed E-state index contributed by atoms with van der Waals surface area (Å²) in [5.74, 6) is 1.51. The van der Waals surface area contributed by atoms with Gasteiger partial charge in [-0.15, -0.1) is 0 Å². The zero-order chi connectivity index (χ0) is 12.9. The van der Waals surface area contributed by atoms with Gasteiger partial charge in [-0.2, -0.15) is 0 Å². The van der Waals surface area contributed by atoms with E-state index in [-0.39, 0.29) is 30.0 Å². The number of fused-ring (bicyclic) bond motifs is 2. The highest BCUT2D eigenvalue weighted by Gasteiger charge is 2.50. The summed E-state index contributed by atoms with van der Waals surface area (Å²) in [7, 11) is 0. The Morgan fingerprint density at radius 3 is 2.67 bits per heavy atom. The number of hydrogen-bond donors (Lipinski definition) is 1. The summed E-state index contributed by atoms with van der Waals surface area (Å²) >= 11 is 0. The average molecular weight is 252 g/mol. The van der Waals surface area contributed by atoms with Gasteiger partial charge in [0.25, 0.3) is 0 Å². The second-order valence-corrected chi connectivity index (χ2v) is 6.42. The fraction of sp³-hybridized carbons (Fsp3) is 0.929. The minimum atomic E-state index is 0.0801. The van der Waals surface area contributed by atoms with E-state index >= 15 is 0 Å². The van der Waals surface area contributed by atoms with Gasteiger partial charge in [-0.05, 0) is 44.9 Å². The quantitative estimate of drug-likeness (QED) is 0.757. The first kappa shape index (κ1) is 12.4. The molecule has 0 aromatic rings. The van der Waals surface area contributed by atoms with Crippen molar-refractivity contribution in [2.75, 3.05) is 13.2 Å². The normalized spacial score (nSPS) is 47.6. The maximum atomic E-state index is 12.7. The van der Waals surface area contributed by atoms with Crippen molar-refractivity contribution >= 4 is 5.91 Å². The lowest BCUT2D eigenvalue weighted by atomic mass is 9.83. The SMILES string of the molecule is CC1CN(C(=O)C2C3CCC(C3)C2N)C(C)CO1. The predicted molar refractivity (Wildman–Crippen MR) is 68.9 cm³/mol. The molecule has 4 heteroatoms. The molecule has 0 radical (unpaired) electrons. The molecule has 2 saturated carbocycles. The van der Waals surface area contributed by atoms with E-state index in [1.165, 1.54) is 19.3 Å². The fourth-order valence-electron chi connectivity index (χ4n) is 4.10. The Balaban J connectivity index is 1.74. The van der Waals surface area contributed by atoms with Crippen molar-refractivity contribution in [3.05, 3.63) is 0 Å². The van der Waals surface area contributed by atoms with Crippen molar-refractivity contribution in [2.24, 2.45) is 23.5 Å². The van der Waals surface area contributed by atoms with E-state index in [2.05, 4.69) is 6.92 Å². The van der Waals surface area contributed by atoms with E-state index in [4.69, 9.17) is 10.5 Å². The molecule has 1 amide bonds. The van der Waals surface area contributed by atoms with E-state index in [0.717, 1.165) is 6.54 Å². The number of hydrogen-bond acceptors (Lipinski definition) is 3. The van der Waals surface area contributed by atoms with E-state index in [0.29, 0.717) is 18.4 Å². The molecular weight excluding hydrogens is 228 g/mol. The molecule has 1 saturated heterocycles. The molecule has 2 N–H and O–H groups in total. The largest absolute Gasteiger partial charge is 0.375 e. The third-order valence-electron chi connectivity index (χ3n) is 5.16. The summed E-state index contributed by atoms with van der Waals surface area (Å²) in [5, 5.41) is 0. The lowest BCUT2D eigenvalue weighted by Crippen LogP contribution is -2.55. The molecule has 3 fully saturated rings. The lowest BCUT2D eigenvalue weighted by Gasteiger charge is -2.40. The number of amides is 1. The van der Waals surface area contributed by atoms with Crippen LogP contribution in [0.15, 0.2) is 0 Å². The molecule has 0 aromatic heterocycles. The van der Waals surface area contributed by atoms with Gasteiger partial charge in [0.1, 0.15) is 0 Å². The van der Waals surface area contributed by atoms with Gasteiger partial charge in [-0.3, -0.25) is 4.79 Å². The first-order valence-electron chi connectivity index (χ1n) is 7.25. The van der Waals surface area contributed by atoms with Gasteiger partial charge in [-0.1, -0.05) is 0 Å². The maximum Gasteiger partial charge on any atom is 0.227 e. The Bertz CT molecular complexity index is 345. The van der Waals surface area contributed by atoms with E-state index in [1.54, 1.807) is 0 Å². The molecule has 1 heterocycles. The van der Waals surface area contributed by atoms with Crippen LogP contribution in [-0.2, 0) is 9.53 Å². The monoisotopic (exact) mass is 252 g/mol. The first-order chi connectivity index (χ1) is 8.58. The van der Waals surface area contributed by atoms with Gasteiger partial charge in [0.2, 0.25) is 5.91 Å². The number of carbonyl (C=O) groups is 1. The van der Waals surface area contributed by atoms with Crippen LogP contribution in [0.4, 0.5) is 0 Å². The lowest BCUT2D eigenvalue weighted by molar-refractivity contribution is -0.149. The predicted octanol–water partition coefficient (Wildman–Crippen LogP) is 0.996. The molecule has 0 aromatic carbocycles. The van der Waals surface area contributed by atoms with Crippen molar-refractivity contribution in [3.8, 4) is 0 Å². The summed E-state index contributed by atoms with van der Waals surface area (Å²) < 4.78 is 5.60. The molecule has 3 rings (SSSR count). The van der Waals surface area contributed by atoms with Gasteiger partial charge in [0.15, 0.2) is 0 Å². The molecular formula is C14H24N2O2. The third-order valence-corrected chi connectivity index (χ3v) is 5.16. The molecule has 2 bridgehead atoms. The van der Waals surface area contributed by atoms with E-state index in [1.807, 2.05) is 11.8 Å². The van der Waals surface area contributed by atoms with Crippen LogP contribution in [0.25, 0.3) is 0 Å². The number of rotatable bonds is 1. The third kappa shape index (κ3) is 1.86. The van der Waals surface area contributed by atoms with Crippen LogP contribution in [0, 0.1) is 17.8 Å². The standard InChI is InChI=1S/C14H24N2O2/c1-8-7-18-9(2)6-16(8)14(17)12-10-3-4-11(5-10)13(12)15/h8-13H,3-7,15H2,1-2H3. The molecule has 2 aliphatic carbocycles. The van der Waals surface area contributed by atoms with E-state index < -0.39 is 0 Å². The molecule has 102 valence electrons. The van der Waals surface area contributed by atoms with Crippen molar-refractivity contribution in [2.45, 2.75) is 51.3 Å². The Kier molecular flexibility index (Phi) is 3.10. The maximum absolute atomic E-state index is 12.7. The number of nitrogens with two attached hydrogens (primary N) is 1.